The average Bonchev–Trinajstić information content (AvgIpc) is 2.59. The zero-order valence-electron chi connectivity index (χ0n) is 15.8. The van der Waals surface area contributed by atoms with Crippen molar-refractivity contribution in [3.63, 3.8) is 0 Å². The van der Waals surface area contributed by atoms with Crippen LogP contribution in [-0.4, -0.2) is 22.8 Å². The van der Waals surface area contributed by atoms with Gasteiger partial charge in [-0.15, -0.1) is 0 Å². The van der Waals surface area contributed by atoms with Crippen molar-refractivity contribution in [3.05, 3.63) is 53.0 Å². The largest absolute Gasteiger partial charge is 0.365 e. The number of rotatable bonds is 3. The molecule has 0 bridgehead atoms. The number of halogens is 1. The molecule has 1 aromatic heterocycles. The van der Waals surface area contributed by atoms with Crippen LogP contribution in [0.1, 0.15) is 48.4 Å². The van der Waals surface area contributed by atoms with Crippen molar-refractivity contribution in [1.82, 2.24) is 4.98 Å². The molecule has 3 atom stereocenters. The van der Waals surface area contributed by atoms with Crippen LogP contribution in [0.3, 0.4) is 0 Å². The van der Waals surface area contributed by atoms with E-state index < -0.39 is 11.7 Å². The summed E-state index contributed by atoms with van der Waals surface area (Å²) in [5, 5.41) is 3.28. The second-order valence-corrected chi connectivity index (χ2v) is 7.03. The number of hydrogen-bond donors (Lipinski definition) is 2. The number of aromatic nitrogens is 1. The minimum atomic E-state index is -0.591. The molecule has 0 fully saturated rings. The normalized spacial score (nSPS) is 21.5. The van der Waals surface area contributed by atoms with Crippen molar-refractivity contribution in [2.75, 3.05) is 10.2 Å². The number of benzene rings is 1. The van der Waals surface area contributed by atoms with Crippen molar-refractivity contribution in [1.29, 1.82) is 0 Å². The zero-order chi connectivity index (χ0) is 19.9. The summed E-state index contributed by atoms with van der Waals surface area (Å²) in [5.74, 6) is -0.791. The highest BCUT2D eigenvalue weighted by Crippen LogP contribution is 2.42. The number of nitrogens with two attached hydrogens (primary N) is 1. The molecule has 1 aliphatic heterocycles. The third kappa shape index (κ3) is 3.37. The molecule has 3 N–H and O–H groups in total. The van der Waals surface area contributed by atoms with Crippen LogP contribution in [0.5, 0.6) is 0 Å². The summed E-state index contributed by atoms with van der Waals surface area (Å²) in [6.07, 6.45) is 0. The first-order valence-electron chi connectivity index (χ1n) is 8.84. The third-order valence-electron chi connectivity index (χ3n) is 5.21. The number of hydrogen-bond acceptors (Lipinski definition) is 4. The van der Waals surface area contributed by atoms with Gasteiger partial charge in [0.1, 0.15) is 11.6 Å². The molecule has 142 valence electrons. The highest BCUT2D eigenvalue weighted by molar-refractivity contribution is 5.98. The molecule has 0 saturated heterocycles. The molecular weight excluding hydrogens is 347 g/mol. The fourth-order valence-corrected chi connectivity index (χ4v) is 3.69. The Labute approximate surface area is 157 Å². The van der Waals surface area contributed by atoms with Crippen molar-refractivity contribution in [3.8, 4) is 0 Å². The second-order valence-electron chi connectivity index (χ2n) is 7.03. The van der Waals surface area contributed by atoms with Gasteiger partial charge in [-0.2, -0.15) is 0 Å². The fourth-order valence-electron chi connectivity index (χ4n) is 3.69. The van der Waals surface area contributed by atoms with E-state index in [0.717, 1.165) is 5.69 Å². The van der Waals surface area contributed by atoms with Crippen molar-refractivity contribution >= 4 is 23.3 Å². The molecule has 0 aliphatic carbocycles. The lowest BCUT2D eigenvalue weighted by Gasteiger charge is -2.44. The standard InChI is InChI=1S/C20H23FN4O2/c1-10-5-7-15(19(22)27)20(23-10)24-18-11(2)12(3)25(13(4)26)17-8-6-14(21)9-16(17)18/h5-9,11-12,18H,1-4H3,(H2,22,27)(H,23,24)/t11-,12-,18+/m0/s1. The number of carbonyl (C=O) groups excluding carboxylic acids is 2. The Morgan fingerprint density at radius 2 is 1.93 bits per heavy atom. The predicted molar refractivity (Wildman–Crippen MR) is 102 cm³/mol. The van der Waals surface area contributed by atoms with Gasteiger partial charge in [0.25, 0.3) is 5.91 Å². The molecule has 1 aliphatic rings. The number of fused-ring (bicyclic) bond motifs is 1. The summed E-state index contributed by atoms with van der Waals surface area (Å²) in [5.41, 5.74) is 7.78. The molecular formula is C20H23FN4O2. The molecule has 0 saturated carbocycles. The lowest BCUT2D eigenvalue weighted by atomic mass is 9.82. The molecule has 3 rings (SSSR count). The summed E-state index contributed by atoms with van der Waals surface area (Å²) >= 11 is 0. The maximum atomic E-state index is 14.0. The monoisotopic (exact) mass is 370 g/mol. The van der Waals surface area contributed by atoms with Crippen LogP contribution in [0.4, 0.5) is 15.9 Å². The van der Waals surface area contributed by atoms with E-state index in [0.29, 0.717) is 17.1 Å². The minimum Gasteiger partial charge on any atom is -0.365 e. The van der Waals surface area contributed by atoms with Crippen molar-refractivity contribution in [2.24, 2.45) is 11.7 Å². The number of anilines is 2. The Kier molecular flexibility index (Phi) is 4.87. The second kappa shape index (κ2) is 6.98. The van der Waals surface area contributed by atoms with Crippen LogP contribution >= 0.6 is 0 Å². The first-order valence-corrected chi connectivity index (χ1v) is 8.84. The Balaban J connectivity index is 2.12. The van der Waals surface area contributed by atoms with Crippen LogP contribution < -0.4 is 16.0 Å². The van der Waals surface area contributed by atoms with Crippen molar-refractivity contribution < 1.29 is 14.0 Å². The topological polar surface area (TPSA) is 88.3 Å². The van der Waals surface area contributed by atoms with Gasteiger partial charge in [-0.3, -0.25) is 9.59 Å². The number of primary amides is 1. The van der Waals surface area contributed by atoms with Gasteiger partial charge in [-0.05, 0) is 44.2 Å². The first kappa shape index (κ1) is 18.8. The first-order chi connectivity index (χ1) is 12.7. The van der Waals surface area contributed by atoms with E-state index in [2.05, 4.69) is 10.3 Å². The maximum Gasteiger partial charge on any atom is 0.252 e. The highest BCUT2D eigenvalue weighted by atomic mass is 19.1. The molecule has 0 unspecified atom stereocenters. The highest BCUT2D eigenvalue weighted by Gasteiger charge is 2.38. The van der Waals surface area contributed by atoms with Crippen LogP contribution in [0.25, 0.3) is 0 Å². The Hall–Kier alpha value is -2.96. The number of nitrogens with zero attached hydrogens (tertiary/aromatic N) is 2. The van der Waals surface area contributed by atoms with E-state index >= 15 is 0 Å². The van der Waals surface area contributed by atoms with Crippen LogP contribution in [0, 0.1) is 18.7 Å². The predicted octanol–water partition coefficient (Wildman–Crippen LogP) is 3.17. The summed E-state index contributed by atoms with van der Waals surface area (Å²) in [7, 11) is 0. The van der Waals surface area contributed by atoms with E-state index in [1.807, 2.05) is 20.8 Å². The van der Waals surface area contributed by atoms with Gasteiger partial charge < -0.3 is 16.0 Å². The Bertz CT molecular complexity index is 915. The summed E-state index contributed by atoms with van der Waals surface area (Å²) < 4.78 is 14.0. The van der Waals surface area contributed by atoms with Gasteiger partial charge in [-0.1, -0.05) is 6.92 Å². The minimum absolute atomic E-state index is 0.0637. The summed E-state index contributed by atoms with van der Waals surface area (Å²) in [4.78, 5) is 30.1. The molecule has 1 aromatic carbocycles. The number of carbonyl (C=O) groups is 2. The molecule has 2 heterocycles. The Morgan fingerprint density at radius 1 is 1.22 bits per heavy atom. The average molecular weight is 370 g/mol. The fraction of sp³-hybridized carbons (Fsp3) is 0.350. The van der Waals surface area contributed by atoms with Crippen LogP contribution in [0.2, 0.25) is 0 Å². The van der Waals surface area contributed by atoms with E-state index in [1.54, 1.807) is 23.1 Å². The van der Waals surface area contributed by atoms with Gasteiger partial charge in [0.15, 0.2) is 0 Å². The third-order valence-corrected chi connectivity index (χ3v) is 5.21. The molecule has 2 amide bonds. The Morgan fingerprint density at radius 3 is 2.56 bits per heavy atom. The molecule has 0 spiro atoms. The number of aryl methyl sites for hydroxylation is 1. The van der Waals surface area contributed by atoms with Gasteiger partial charge in [-0.25, -0.2) is 9.37 Å². The number of pyridine rings is 1. The van der Waals surface area contributed by atoms with Crippen LogP contribution in [-0.2, 0) is 4.79 Å². The number of amides is 2. The SMILES string of the molecule is CC(=O)N1c2ccc(F)cc2[C@H](Nc2nc(C)ccc2C(N)=O)[C@@H](C)[C@@H]1C. The quantitative estimate of drug-likeness (QED) is 0.869. The summed E-state index contributed by atoms with van der Waals surface area (Å²) in [6, 6.07) is 7.25. The molecule has 27 heavy (non-hydrogen) atoms. The van der Waals surface area contributed by atoms with Gasteiger partial charge >= 0.3 is 0 Å². The molecule has 0 radical (unpaired) electrons. The molecule has 6 nitrogen and oxygen atoms in total. The molecule has 2 aromatic rings. The van der Waals surface area contributed by atoms with Gasteiger partial charge in [0, 0.05) is 35.8 Å². The van der Waals surface area contributed by atoms with E-state index in [1.165, 1.54) is 19.1 Å². The smallest absolute Gasteiger partial charge is 0.252 e. The van der Waals surface area contributed by atoms with Gasteiger partial charge in [0.2, 0.25) is 5.91 Å². The van der Waals surface area contributed by atoms with Crippen LogP contribution in [0.15, 0.2) is 30.3 Å². The van der Waals surface area contributed by atoms with E-state index in [9.17, 15) is 14.0 Å². The summed E-state index contributed by atoms with van der Waals surface area (Å²) in [6.45, 7) is 7.24. The lowest BCUT2D eigenvalue weighted by Crippen LogP contribution is -2.48. The van der Waals surface area contributed by atoms with Crippen molar-refractivity contribution in [2.45, 2.75) is 39.8 Å². The number of nitrogens with one attached hydrogen (secondary N) is 1. The maximum absolute atomic E-state index is 14.0. The molecule has 7 heteroatoms. The van der Waals surface area contributed by atoms with Gasteiger partial charge in [0.05, 0.1) is 11.6 Å². The lowest BCUT2D eigenvalue weighted by molar-refractivity contribution is -0.117. The van der Waals surface area contributed by atoms with E-state index in [4.69, 9.17) is 5.73 Å². The van der Waals surface area contributed by atoms with E-state index in [-0.39, 0.29) is 29.5 Å². The zero-order valence-corrected chi connectivity index (χ0v) is 15.8.